The minimum atomic E-state index is -4.23. The van der Waals surface area contributed by atoms with Crippen LogP contribution >= 0.6 is 23.4 Å². The molecule has 0 aromatic carbocycles. The highest BCUT2D eigenvalue weighted by Crippen LogP contribution is 2.26. The molecule has 0 spiro atoms. The second-order valence-electron chi connectivity index (χ2n) is 5.67. The molecular weight excluding hydrogens is 419 g/mol. The third kappa shape index (κ3) is 6.36. The van der Waals surface area contributed by atoms with Crippen LogP contribution in [0.1, 0.15) is 6.42 Å². The zero-order valence-corrected chi connectivity index (χ0v) is 16.7. The second kappa shape index (κ2) is 10.1. The molecule has 2 aromatic rings. The van der Waals surface area contributed by atoms with Crippen LogP contribution in [0, 0.1) is 0 Å². The van der Waals surface area contributed by atoms with Gasteiger partial charge in [0.15, 0.2) is 5.15 Å². The molecule has 0 fully saturated rings. The van der Waals surface area contributed by atoms with Gasteiger partial charge >= 0.3 is 6.18 Å². The fourth-order valence-corrected chi connectivity index (χ4v) is 3.48. The molecule has 0 bridgehead atoms. The smallest absolute Gasteiger partial charge is 0.310 e. The van der Waals surface area contributed by atoms with E-state index in [1.165, 1.54) is 23.7 Å². The Hall–Kier alpha value is -1.82. The molecule has 1 atom stereocenters. The summed E-state index contributed by atoms with van der Waals surface area (Å²) in [5.41, 5.74) is 3.52. The van der Waals surface area contributed by atoms with E-state index in [0.29, 0.717) is 11.4 Å². The molecule has 0 saturated heterocycles. The van der Waals surface area contributed by atoms with Crippen LogP contribution in [0.25, 0.3) is 5.69 Å². The van der Waals surface area contributed by atoms with Gasteiger partial charge in [0.05, 0.1) is 31.6 Å². The van der Waals surface area contributed by atoms with Crippen molar-refractivity contribution in [2.24, 2.45) is 0 Å². The summed E-state index contributed by atoms with van der Waals surface area (Å²) >= 11 is 7.17. The topological polar surface area (TPSA) is 72.3 Å². The van der Waals surface area contributed by atoms with Crippen molar-refractivity contribution in [2.75, 3.05) is 30.6 Å². The van der Waals surface area contributed by atoms with Crippen molar-refractivity contribution in [2.45, 2.75) is 18.6 Å². The van der Waals surface area contributed by atoms with Crippen LogP contribution < -0.4 is 10.4 Å². The van der Waals surface area contributed by atoms with Crippen molar-refractivity contribution < 1.29 is 22.8 Å². The monoisotopic (exact) mass is 437 g/mol. The van der Waals surface area contributed by atoms with Gasteiger partial charge in [-0.2, -0.15) is 35.5 Å². The van der Waals surface area contributed by atoms with Crippen molar-refractivity contribution >= 4 is 35.0 Å². The van der Waals surface area contributed by atoms with E-state index in [2.05, 4.69) is 15.6 Å². The number of likely N-dealkylation sites (N-methyl/N-ethyl adjacent to an activating group) is 1. The molecule has 154 valence electrons. The fourth-order valence-electron chi connectivity index (χ4n) is 2.23. The first-order chi connectivity index (χ1) is 13.2. The lowest BCUT2D eigenvalue weighted by Crippen LogP contribution is -2.46. The van der Waals surface area contributed by atoms with Gasteiger partial charge in [-0.1, -0.05) is 11.6 Å². The number of hydrogen-bond donors (Lipinski definition) is 1. The van der Waals surface area contributed by atoms with Gasteiger partial charge < -0.3 is 9.74 Å². The van der Waals surface area contributed by atoms with Crippen molar-refractivity contribution in [3.05, 3.63) is 35.9 Å². The van der Waals surface area contributed by atoms with Gasteiger partial charge in [-0.25, -0.2) is 4.68 Å². The number of anilines is 1. The average molecular weight is 438 g/mol. The van der Waals surface area contributed by atoms with Gasteiger partial charge in [0, 0.05) is 24.8 Å². The maximum absolute atomic E-state index is 12.8. The van der Waals surface area contributed by atoms with Crippen LogP contribution in [-0.2, 0) is 9.63 Å². The number of alkyl halides is 3. The lowest BCUT2D eigenvalue weighted by atomic mass is 10.3. The van der Waals surface area contributed by atoms with Gasteiger partial charge in [0.2, 0.25) is 5.91 Å². The third-order valence-corrected chi connectivity index (χ3v) is 4.96. The van der Waals surface area contributed by atoms with Gasteiger partial charge in [-0.05, 0) is 12.1 Å². The molecule has 0 aliphatic heterocycles. The van der Waals surface area contributed by atoms with Gasteiger partial charge in [-0.3, -0.25) is 9.78 Å². The standard InChI is InChI=1S/C16H19ClF3N5O2S/c1-24(13-9-25(22-14(13)17)11-4-3-6-21-8-11)15(26)12(23-27-2)10-28-7-5-16(18,19)20/h3-4,6,8-9,12,23H,5,7,10H2,1-2H3. The van der Waals surface area contributed by atoms with Crippen LogP contribution in [0.5, 0.6) is 0 Å². The third-order valence-electron chi connectivity index (χ3n) is 3.63. The molecule has 28 heavy (non-hydrogen) atoms. The van der Waals surface area contributed by atoms with Gasteiger partial charge in [0.1, 0.15) is 11.7 Å². The number of nitrogens with one attached hydrogen (secondary N) is 1. The number of aromatic nitrogens is 3. The summed E-state index contributed by atoms with van der Waals surface area (Å²) in [5, 5.41) is 4.26. The fraction of sp³-hybridized carbons (Fsp3) is 0.438. The molecule has 7 nitrogen and oxygen atoms in total. The molecule has 0 aliphatic carbocycles. The Bertz CT molecular complexity index is 775. The normalized spacial score (nSPS) is 12.8. The number of halogens is 4. The average Bonchev–Trinajstić information content (AvgIpc) is 3.04. The number of carbonyl (C=O) groups excluding carboxylic acids is 1. The van der Waals surface area contributed by atoms with Crippen molar-refractivity contribution in [3.8, 4) is 5.69 Å². The van der Waals surface area contributed by atoms with E-state index in [1.807, 2.05) is 0 Å². The quantitative estimate of drug-likeness (QED) is 0.480. The molecule has 0 aliphatic rings. The highest BCUT2D eigenvalue weighted by molar-refractivity contribution is 7.99. The lowest BCUT2D eigenvalue weighted by molar-refractivity contribution is -0.129. The number of nitrogens with zero attached hydrogens (tertiary/aromatic N) is 4. The maximum atomic E-state index is 12.8. The number of pyridine rings is 1. The molecule has 1 N–H and O–H groups in total. The minimum Gasteiger partial charge on any atom is -0.310 e. The number of amides is 1. The maximum Gasteiger partial charge on any atom is 0.389 e. The van der Waals surface area contributed by atoms with Crippen LogP contribution in [0.3, 0.4) is 0 Å². The Morgan fingerprint density at radius 2 is 2.25 bits per heavy atom. The molecule has 12 heteroatoms. The molecule has 2 aromatic heterocycles. The summed E-state index contributed by atoms with van der Waals surface area (Å²) in [4.78, 5) is 22.9. The van der Waals surface area contributed by atoms with Crippen LogP contribution in [0.15, 0.2) is 30.7 Å². The number of hydrogen-bond acceptors (Lipinski definition) is 6. The summed E-state index contributed by atoms with van der Waals surface area (Å²) in [6.45, 7) is 0. The number of thioether (sulfide) groups is 1. The summed E-state index contributed by atoms with van der Waals surface area (Å²) in [7, 11) is 2.83. The molecule has 1 amide bonds. The van der Waals surface area contributed by atoms with E-state index in [4.69, 9.17) is 16.4 Å². The van der Waals surface area contributed by atoms with Gasteiger partial charge in [-0.15, -0.1) is 0 Å². The zero-order chi connectivity index (χ0) is 20.7. The predicted molar refractivity (Wildman–Crippen MR) is 102 cm³/mol. The number of carbonyl (C=O) groups is 1. The Labute approximate surface area is 169 Å². The number of rotatable bonds is 9. The lowest BCUT2D eigenvalue weighted by Gasteiger charge is -2.23. The largest absolute Gasteiger partial charge is 0.389 e. The van der Waals surface area contributed by atoms with Crippen molar-refractivity contribution in [1.82, 2.24) is 20.2 Å². The second-order valence-corrected chi connectivity index (χ2v) is 7.18. The van der Waals surface area contributed by atoms with Crippen LogP contribution in [0.2, 0.25) is 5.15 Å². The first-order valence-corrected chi connectivity index (χ1v) is 9.62. The van der Waals surface area contributed by atoms with Crippen LogP contribution in [0.4, 0.5) is 18.9 Å². The first kappa shape index (κ1) is 22.5. The SMILES string of the molecule is CONC(CSCCC(F)(F)F)C(=O)N(C)c1cn(-c2cccnc2)nc1Cl. The first-order valence-electron chi connectivity index (χ1n) is 8.09. The molecule has 2 rings (SSSR count). The molecule has 0 saturated carbocycles. The Kier molecular flexibility index (Phi) is 8.10. The minimum absolute atomic E-state index is 0.0978. The van der Waals surface area contributed by atoms with Crippen molar-refractivity contribution in [3.63, 3.8) is 0 Å². The van der Waals surface area contributed by atoms with Gasteiger partial charge in [0.25, 0.3) is 0 Å². The van der Waals surface area contributed by atoms with E-state index in [-0.39, 0.29) is 16.7 Å². The van der Waals surface area contributed by atoms with E-state index in [9.17, 15) is 18.0 Å². The van der Waals surface area contributed by atoms with E-state index in [0.717, 1.165) is 11.8 Å². The van der Waals surface area contributed by atoms with Crippen molar-refractivity contribution in [1.29, 1.82) is 0 Å². The summed E-state index contributed by atoms with van der Waals surface area (Å²) in [5.74, 6) is -0.474. The molecule has 2 heterocycles. The Balaban J connectivity index is 2.07. The summed E-state index contributed by atoms with van der Waals surface area (Å²) in [6, 6.07) is 2.65. The molecule has 0 radical (unpaired) electrons. The molecule has 1 unspecified atom stereocenters. The number of hydroxylamine groups is 1. The Morgan fingerprint density at radius 1 is 1.50 bits per heavy atom. The van der Waals surface area contributed by atoms with E-state index < -0.39 is 24.5 Å². The van der Waals surface area contributed by atoms with E-state index in [1.54, 1.807) is 30.7 Å². The summed E-state index contributed by atoms with van der Waals surface area (Å²) in [6.07, 6.45) is -0.389. The predicted octanol–water partition coefficient (Wildman–Crippen LogP) is 3.09. The van der Waals surface area contributed by atoms with E-state index >= 15 is 0 Å². The highest BCUT2D eigenvalue weighted by atomic mass is 35.5. The van der Waals surface area contributed by atoms with Crippen LogP contribution in [-0.4, -0.2) is 58.6 Å². The zero-order valence-electron chi connectivity index (χ0n) is 15.1. The Morgan fingerprint density at radius 3 is 2.86 bits per heavy atom. The molecular formula is C16H19ClF3N5O2S. The summed E-state index contributed by atoms with van der Waals surface area (Å²) < 4.78 is 38.3. The highest BCUT2D eigenvalue weighted by Gasteiger charge is 2.28.